The largest absolute Gasteiger partial charge is 0.490 e. The van der Waals surface area contributed by atoms with Crippen LogP contribution in [-0.4, -0.2) is 49.8 Å². The highest BCUT2D eigenvalue weighted by molar-refractivity contribution is 5.75. The highest BCUT2D eigenvalue weighted by atomic mass is 19.4. The maximum Gasteiger partial charge on any atom is 0.490 e. The Morgan fingerprint density at radius 1 is 1.42 bits per heavy atom. The normalized spacial score (nSPS) is 34.6. The van der Waals surface area contributed by atoms with Crippen LogP contribution >= 0.6 is 0 Å². The predicted molar refractivity (Wildman–Crippen MR) is 48.1 cm³/mol. The molecule has 0 saturated carbocycles. The van der Waals surface area contributed by atoms with E-state index >= 15 is 0 Å². The lowest BCUT2D eigenvalue weighted by molar-refractivity contribution is -0.233. The van der Waals surface area contributed by atoms with Gasteiger partial charge in [0.2, 0.25) is 0 Å². The van der Waals surface area contributed by atoms with Gasteiger partial charge >= 0.3 is 18.8 Å². The first-order valence-electron chi connectivity index (χ1n) is 5.32. The van der Waals surface area contributed by atoms with Gasteiger partial charge in [-0.05, 0) is 0 Å². The fourth-order valence-corrected chi connectivity index (χ4v) is 2.04. The van der Waals surface area contributed by atoms with Gasteiger partial charge < -0.3 is 14.2 Å². The van der Waals surface area contributed by atoms with Crippen molar-refractivity contribution in [1.82, 2.24) is 5.32 Å². The number of esters is 1. The Morgan fingerprint density at radius 3 is 2.58 bits per heavy atom. The highest BCUT2D eigenvalue weighted by Gasteiger charge is 2.57. The number of ether oxygens (including phenoxy) is 3. The van der Waals surface area contributed by atoms with Crippen LogP contribution in [0.25, 0.3) is 0 Å². The average molecular weight is 291 g/mol. The Balaban J connectivity index is 1.90. The standard InChI is InChI=1S/C9H10F5NO4/c10-7(11)18-4-1-8(17-2-4)3-15-5(8)19-6(16)9(12,13)14/h4-5,7,15H,1-3H2/t4-,5?,8?/m1/s1. The zero-order chi connectivity index (χ0) is 14.3. The third kappa shape index (κ3) is 2.95. The van der Waals surface area contributed by atoms with Crippen molar-refractivity contribution in [2.75, 3.05) is 13.2 Å². The van der Waals surface area contributed by atoms with Gasteiger partial charge in [-0.1, -0.05) is 0 Å². The molecule has 0 aliphatic carbocycles. The summed E-state index contributed by atoms with van der Waals surface area (Å²) in [6, 6.07) is 0. The molecule has 1 N–H and O–H groups in total. The predicted octanol–water partition coefficient (Wildman–Crippen LogP) is 0.788. The molecule has 2 unspecified atom stereocenters. The second-order valence-electron chi connectivity index (χ2n) is 4.26. The number of hydrogen-bond acceptors (Lipinski definition) is 5. The van der Waals surface area contributed by atoms with Gasteiger partial charge in [-0.2, -0.15) is 22.0 Å². The lowest BCUT2D eigenvalue weighted by atomic mass is 9.90. The Kier molecular flexibility index (Phi) is 3.67. The van der Waals surface area contributed by atoms with E-state index in [-0.39, 0.29) is 19.6 Å². The van der Waals surface area contributed by atoms with E-state index in [1.165, 1.54) is 0 Å². The van der Waals surface area contributed by atoms with Crippen molar-refractivity contribution in [3.05, 3.63) is 0 Å². The minimum Gasteiger partial charge on any atom is -0.437 e. The molecule has 2 aliphatic heterocycles. The summed E-state index contributed by atoms with van der Waals surface area (Å²) in [7, 11) is 0. The Hall–Kier alpha value is -1.00. The molecule has 0 aromatic heterocycles. The van der Waals surface area contributed by atoms with Crippen molar-refractivity contribution >= 4 is 5.97 Å². The Labute approximate surface area is 104 Å². The molecule has 2 aliphatic rings. The zero-order valence-corrected chi connectivity index (χ0v) is 9.38. The lowest BCUT2D eigenvalue weighted by Gasteiger charge is -2.45. The molecule has 2 saturated heterocycles. The van der Waals surface area contributed by atoms with E-state index in [0.717, 1.165) is 0 Å². The van der Waals surface area contributed by atoms with Gasteiger partial charge in [0.05, 0.1) is 12.7 Å². The van der Waals surface area contributed by atoms with E-state index in [2.05, 4.69) is 14.8 Å². The van der Waals surface area contributed by atoms with Crippen LogP contribution < -0.4 is 5.32 Å². The maximum atomic E-state index is 12.0. The molecule has 19 heavy (non-hydrogen) atoms. The molecule has 0 aromatic carbocycles. The molecule has 10 heteroatoms. The van der Waals surface area contributed by atoms with E-state index in [1.807, 2.05) is 0 Å². The summed E-state index contributed by atoms with van der Waals surface area (Å²) in [6.07, 6.45) is -7.43. The van der Waals surface area contributed by atoms with E-state index in [1.54, 1.807) is 0 Å². The molecule has 5 nitrogen and oxygen atoms in total. The van der Waals surface area contributed by atoms with Crippen LogP contribution in [0.15, 0.2) is 0 Å². The molecule has 0 aromatic rings. The molecule has 2 rings (SSSR count). The van der Waals surface area contributed by atoms with Crippen LogP contribution in [0.1, 0.15) is 6.42 Å². The number of hydrogen-bond donors (Lipinski definition) is 1. The van der Waals surface area contributed by atoms with Crippen molar-refractivity contribution in [2.45, 2.75) is 37.1 Å². The Bertz CT molecular complexity index is 363. The van der Waals surface area contributed by atoms with Gasteiger partial charge in [0.25, 0.3) is 0 Å². The first kappa shape index (κ1) is 14.4. The Morgan fingerprint density at radius 2 is 2.11 bits per heavy atom. The number of halogens is 5. The quantitative estimate of drug-likeness (QED) is 0.615. The minimum absolute atomic E-state index is 0.0693. The molecule has 2 heterocycles. The fraction of sp³-hybridized carbons (Fsp3) is 0.889. The van der Waals surface area contributed by atoms with Crippen LogP contribution in [0.5, 0.6) is 0 Å². The van der Waals surface area contributed by atoms with Crippen molar-refractivity contribution in [3.63, 3.8) is 0 Å². The summed E-state index contributed by atoms with van der Waals surface area (Å²) in [5, 5.41) is 2.44. The third-order valence-corrected chi connectivity index (χ3v) is 2.95. The topological polar surface area (TPSA) is 56.8 Å². The number of alkyl halides is 5. The van der Waals surface area contributed by atoms with Crippen LogP contribution in [0.3, 0.4) is 0 Å². The van der Waals surface area contributed by atoms with E-state index in [0.29, 0.717) is 0 Å². The summed E-state index contributed by atoms with van der Waals surface area (Å²) in [5.74, 6) is -2.36. The SMILES string of the molecule is O=C(OC1NCC12C[C@@H](OC(F)F)CO2)C(F)(F)F. The molecule has 0 amide bonds. The van der Waals surface area contributed by atoms with Gasteiger partial charge in [0.15, 0.2) is 6.23 Å². The van der Waals surface area contributed by atoms with Crippen LogP contribution in [-0.2, 0) is 19.0 Å². The summed E-state index contributed by atoms with van der Waals surface area (Å²) in [4.78, 5) is 10.7. The number of carbonyl (C=O) groups is 1. The molecule has 0 bridgehead atoms. The monoisotopic (exact) mass is 291 g/mol. The van der Waals surface area contributed by atoms with Gasteiger partial charge in [0.1, 0.15) is 5.60 Å². The second kappa shape index (κ2) is 4.84. The molecule has 0 radical (unpaired) electrons. The van der Waals surface area contributed by atoms with Crippen LogP contribution in [0.4, 0.5) is 22.0 Å². The number of nitrogens with one attached hydrogen (secondary N) is 1. The summed E-state index contributed by atoms with van der Waals surface area (Å²) in [5.41, 5.74) is -1.22. The maximum absolute atomic E-state index is 12.0. The van der Waals surface area contributed by atoms with Crippen molar-refractivity contribution < 1.29 is 41.0 Å². The molecule has 3 atom stereocenters. The summed E-state index contributed by atoms with van der Waals surface area (Å²) < 4.78 is 73.6. The van der Waals surface area contributed by atoms with Crippen molar-refractivity contribution in [3.8, 4) is 0 Å². The summed E-state index contributed by atoms with van der Waals surface area (Å²) in [6.45, 7) is -3.08. The lowest BCUT2D eigenvalue weighted by Crippen LogP contribution is -2.69. The van der Waals surface area contributed by atoms with Crippen molar-refractivity contribution in [1.29, 1.82) is 0 Å². The summed E-state index contributed by atoms with van der Waals surface area (Å²) >= 11 is 0. The van der Waals surface area contributed by atoms with E-state index < -0.39 is 36.7 Å². The third-order valence-electron chi connectivity index (χ3n) is 2.95. The first-order valence-corrected chi connectivity index (χ1v) is 5.32. The smallest absolute Gasteiger partial charge is 0.437 e. The molecular weight excluding hydrogens is 281 g/mol. The van der Waals surface area contributed by atoms with E-state index in [9.17, 15) is 26.7 Å². The van der Waals surface area contributed by atoms with E-state index in [4.69, 9.17) is 4.74 Å². The number of carbonyl (C=O) groups excluding carboxylic acids is 1. The highest BCUT2D eigenvalue weighted by Crippen LogP contribution is 2.37. The molecule has 1 spiro atoms. The van der Waals surface area contributed by atoms with Crippen molar-refractivity contribution in [2.24, 2.45) is 0 Å². The first-order chi connectivity index (χ1) is 8.73. The molecule has 2 fully saturated rings. The van der Waals surface area contributed by atoms with Crippen LogP contribution in [0.2, 0.25) is 0 Å². The van der Waals surface area contributed by atoms with Gasteiger partial charge in [0, 0.05) is 13.0 Å². The second-order valence-corrected chi connectivity index (χ2v) is 4.26. The molecular formula is C9H10F5NO4. The van der Waals surface area contributed by atoms with Crippen LogP contribution in [0, 0.1) is 0 Å². The van der Waals surface area contributed by atoms with Gasteiger partial charge in [-0.15, -0.1) is 0 Å². The zero-order valence-electron chi connectivity index (χ0n) is 9.38. The minimum atomic E-state index is -5.12. The molecule has 110 valence electrons. The number of rotatable bonds is 3. The average Bonchev–Trinajstić information content (AvgIpc) is 2.68. The fourth-order valence-electron chi connectivity index (χ4n) is 2.04. The van der Waals surface area contributed by atoms with Gasteiger partial charge in [-0.25, -0.2) is 4.79 Å². The van der Waals surface area contributed by atoms with Gasteiger partial charge in [-0.3, -0.25) is 5.32 Å².